The molecule has 15 heteroatoms. The Hall–Kier alpha value is -5.18. The van der Waals surface area contributed by atoms with Gasteiger partial charge in [0, 0.05) is 39.0 Å². The van der Waals surface area contributed by atoms with Crippen molar-refractivity contribution in [1.82, 2.24) is 37.2 Å². The van der Waals surface area contributed by atoms with Gasteiger partial charge in [-0.3, -0.25) is 19.2 Å². The number of nitrogens with one attached hydrogen (secondary N) is 7. The van der Waals surface area contributed by atoms with Crippen molar-refractivity contribution >= 4 is 35.8 Å². The number of carbonyl (C=O) groups is 6. The minimum absolute atomic E-state index is 0.0582. The van der Waals surface area contributed by atoms with Crippen LogP contribution >= 0.6 is 0 Å². The maximum absolute atomic E-state index is 13.3. The lowest BCUT2D eigenvalue weighted by atomic mass is 10.1. The van der Waals surface area contributed by atoms with Crippen LogP contribution in [0.25, 0.3) is 0 Å². The van der Waals surface area contributed by atoms with Gasteiger partial charge in [0.25, 0.3) is 0 Å². The van der Waals surface area contributed by atoms with Crippen LogP contribution in [0.15, 0.2) is 60.7 Å². The van der Waals surface area contributed by atoms with Crippen LogP contribution in [0.1, 0.15) is 211 Å². The minimum Gasteiger partial charge on any atom is -0.445 e. The number of carbonyl (C=O) groups excluding carboxylic acids is 6. The Morgan fingerprint density at radius 2 is 0.716 bits per heavy atom. The Morgan fingerprint density at radius 3 is 1.14 bits per heavy atom. The molecule has 2 aromatic rings. The average Bonchev–Trinajstić information content (AvgIpc) is 3.41. The average molecular weight is 1030 g/mol. The van der Waals surface area contributed by atoms with Crippen LogP contribution in [-0.4, -0.2) is 87.2 Å². The number of unbranched alkanes of at least 4 members (excludes halogenated alkanes) is 19. The summed E-state index contributed by atoms with van der Waals surface area (Å²) in [6.45, 7) is 7.93. The van der Waals surface area contributed by atoms with E-state index in [1.165, 1.54) is 89.9 Å². The fourth-order valence-electron chi connectivity index (χ4n) is 8.51. The summed E-state index contributed by atoms with van der Waals surface area (Å²) < 4.78 is 10.8. The van der Waals surface area contributed by atoms with Crippen molar-refractivity contribution in [3.63, 3.8) is 0 Å². The summed E-state index contributed by atoms with van der Waals surface area (Å²) in [6.07, 6.45) is 27.1. The zero-order chi connectivity index (χ0) is 53.4. The monoisotopic (exact) mass is 1030 g/mol. The highest BCUT2D eigenvalue weighted by atomic mass is 16.6. The summed E-state index contributed by atoms with van der Waals surface area (Å²) in [7, 11) is 0. The van der Waals surface area contributed by atoms with Gasteiger partial charge in [0.15, 0.2) is 0 Å². The lowest BCUT2D eigenvalue weighted by molar-refractivity contribution is -0.124. The van der Waals surface area contributed by atoms with Gasteiger partial charge in [0.2, 0.25) is 23.6 Å². The smallest absolute Gasteiger partial charge is 0.408 e. The Morgan fingerprint density at radius 1 is 0.378 bits per heavy atom. The van der Waals surface area contributed by atoms with E-state index in [1.54, 1.807) is 0 Å². The molecule has 2 rings (SSSR count). The first-order chi connectivity index (χ1) is 36.2. The fraction of sp³-hybridized carbons (Fsp3) is 0.695. The van der Waals surface area contributed by atoms with Gasteiger partial charge in [-0.1, -0.05) is 177 Å². The second-order valence-electron chi connectivity index (χ2n) is 19.8. The third-order valence-electron chi connectivity index (χ3n) is 13.1. The van der Waals surface area contributed by atoms with E-state index >= 15 is 0 Å². The SMILES string of the molecule is CCCCCCCCCCCC(=O)NCCCC[C@H](NC(=O)OCc1ccccc1)C(=O)NCCCCNCCCNC(=O)[C@H](CCCCNC(=O)CCCCCCCCCCC)NC(=O)OCc1ccccc1. The molecule has 0 bridgehead atoms. The van der Waals surface area contributed by atoms with Crippen molar-refractivity contribution in [3.05, 3.63) is 71.8 Å². The topological polar surface area (TPSA) is 205 Å². The Bertz CT molecular complexity index is 1610. The Kier molecular flexibility index (Phi) is 40.7. The molecule has 0 radical (unpaired) electrons. The standard InChI is InChI=1S/C59H99N7O8/c1-3-5-7-9-11-13-15-17-25-40-54(67)61-44-29-27-38-52(65-58(71)73-48-50-34-21-19-22-35-50)56(69)63-46-32-31-42-60-43-33-47-64-57(70)53(66-59(72)74-49-51-36-23-20-24-37-51)39-28-30-45-62-55(68)41-26-18-16-14-12-10-8-6-4-2/h19-24,34-37,52-53,60H,3-18,25-33,38-49H2,1-2H3,(H,61,67)(H,62,68)(H,63,69)(H,64,70)(H,65,71)(H,66,72)/t52-,53-/m0/s1. The summed E-state index contributed by atoms with van der Waals surface area (Å²) in [6, 6.07) is 17.2. The summed E-state index contributed by atoms with van der Waals surface area (Å²) in [5.41, 5.74) is 1.69. The van der Waals surface area contributed by atoms with E-state index in [1.807, 2.05) is 60.7 Å². The first-order valence-corrected chi connectivity index (χ1v) is 29.0. The number of amides is 6. The van der Waals surface area contributed by atoms with Crippen LogP contribution in [-0.2, 0) is 41.9 Å². The zero-order valence-electron chi connectivity index (χ0n) is 45.9. The Balaban J connectivity index is 1.68. The number of ether oxygens (including phenoxy) is 2. The molecule has 418 valence electrons. The molecule has 0 unspecified atom stereocenters. The lowest BCUT2D eigenvalue weighted by Crippen LogP contribution is -2.47. The van der Waals surface area contributed by atoms with Gasteiger partial charge in [-0.15, -0.1) is 0 Å². The van der Waals surface area contributed by atoms with Crippen LogP contribution in [0.2, 0.25) is 0 Å². The third-order valence-corrected chi connectivity index (χ3v) is 13.1. The van der Waals surface area contributed by atoms with Gasteiger partial charge in [0.05, 0.1) is 0 Å². The van der Waals surface area contributed by atoms with Crippen LogP contribution in [0.3, 0.4) is 0 Å². The third kappa shape index (κ3) is 37.5. The van der Waals surface area contributed by atoms with Gasteiger partial charge >= 0.3 is 12.2 Å². The fourth-order valence-corrected chi connectivity index (χ4v) is 8.51. The van der Waals surface area contributed by atoms with E-state index in [-0.39, 0.29) is 36.8 Å². The summed E-state index contributed by atoms with van der Waals surface area (Å²) in [5, 5.41) is 20.8. The molecule has 0 aromatic heterocycles. The minimum atomic E-state index is -0.777. The van der Waals surface area contributed by atoms with Crippen LogP contribution in [0.5, 0.6) is 0 Å². The van der Waals surface area contributed by atoms with Crippen molar-refractivity contribution in [2.75, 3.05) is 39.3 Å². The molecule has 6 amide bonds. The molecule has 2 aromatic carbocycles. The van der Waals surface area contributed by atoms with E-state index in [0.29, 0.717) is 90.5 Å². The molecule has 0 aliphatic carbocycles. The van der Waals surface area contributed by atoms with E-state index in [4.69, 9.17) is 9.47 Å². The van der Waals surface area contributed by atoms with Crippen molar-refractivity contribution in [1.29, 1.82) is 0 Å². The number of alkyl carbamates (subject to hydrolysis) is 2. The van der Waals surface area contributed by atoms with Gasteiger partial charge < -0.3 is 46.7 Å². The molecular weight excluding hydrogens is 935 g/mol. The highest BCUT2D eigenvalue weighted by Crippen LogP contribution is 2.13. The predicted octanol–water partition coefficient (Wildman–Crippen LogP) is 11.0. The van der Waals surface area contributed by atoms with E-state index in [2.05, 4.69) is 51.1 Å². The first kappa shape index (κ1) is 64.9. The van der Waals surface area contributed by atoms with Crippen molar-refractivity contribution in [3.8, 4) is 0 Å². The van der Waals surface area contributed by atoms with Gasteiger partial charge in [0.1, 0.15) is 25.3 Å². The van der Waals surface area contributed by atoms with Gasteiger partial charge in [-0.2, -0.15) is 0 Å². The van der Waals surface area contributed by atoms with Crippen molar-refractivity contribution in [2.24, 2.45) is 0 Å². The van der Waals surface area contributed by atoms with Crippen LogP contribution < -0.4 is 37.2 Å². The largest absolute Gasteiger partial charge is 0.445 e. The highest BCUT2D eigenvalue weighted by molar-refractivity contribution is 5.86. The number of hydrogen-bond acceptors (Lipinski definition) is 9. The summed E-state index contributed by atoms with van der Waals surface area (Å²) >= 11 is 0. The molecule has 0 aliphatic rings. The van der Waals surface area contributed by atoms with Crippen molar-refractivity contribution in [2.45, 2.75) is 225 Å². The molecule has 7 N–H and O–H groups in total. The van der Waals surface area contributed by atoms with Gasteiger partial charge in [-0.05, 0) is 94.8 Å². The quantitative estimate of drug-likeness (QED) is 0.0315. The highest BCUT2D eigenvalue weighted by Gasteiger charge is 2.22. The molecular formula is C59H99N7O8. The lowest BCUT2D eigenvalue weighted by Gasteiger charge is -2.19. The molecule has 0 saturated carbocycles. The normalized spacial score (nSPS) is 11.8. The molecule has 15 nitrogen and oxygen atoms in total. The molecule has 0 aliphatic heterocycles. The molecule has 0 fully saturated rings. The summed E-state index contributed by atoms with van der Waals surface area (Å²) in [5.74, 6) is -0.440. The maximum atomic E-state index is 13.3. The summed E-state index contributed by atoms with van der Waals surface area (Å²) in [4.78, 5) is 76.9. The van der Waals surface area contributed by atoms with Crippen molar-refractivity contribution < 1.29 is 38.2 Å². The molecule has 0 saturated heterocycles. The molecule has 0 spiro atoms. The molecule has 0 heterocycles. The zero-order valence-corrected chi connectivity index (χ0v) is 45.9. The van der Waals surface area contributed by atoms with E-state index in [0.717, 1.165) is 56.2 Å². The van der Waals surface area contributed by atoms with Crippen LogP contribution in [0.4, 0.5) is 9.59 Å². The second-order valence-corrected chi connectivity index (χ2v) is 19.8. The number of rotatable bonds is 47. The number of benzene rings is 2. The molecule has 74 heavy (non-hydrogen) atoms. The van der Waals surface area contributed by atoms with Crippen LogP contribution in [0, 0.1) is 0 Å². The molecule has 2 atom stereocenters. The Labute approximate surface area is 446 Å². The first-order valence-electron chi connectivity index (χ1n) is 29.0. The predicted molar refractivity (Wildman–Crippen MR) is 297 cm³/mol. The van der Waals surface area contributed by atoms with Gasteiger partial charge in [-0.25, -0.2) is 9.59 Å². The number of hydrogen-bond donors (Lipinski definition) is 7. The van der Waals surface area contributed by atoms with E-state index in [9.17, 15) is 28.8 Å². The second kappa shape index (κ2) is 46.4. The van der Waals surface area contributed by atoms with E-state index < -0.39 is 24.3 Å². The maximum Gasteiger partial charge on any atom is 0.408 e.